The number of fused-ring (bicyclic) bond motifs is 1. The first-order valence-electron chi connectivity index (χ1n) is 8.04. The van der Waals surface area contributed by atoms with Crippen LogP contribution in [-0.4, -0.2) is 34.0 Å². The minimum Gasteiger partial charge on any atom is -0.372 e. The molecule has 8 heteroatoms. The number of sulfonamides is 1. The molecule has 0 saturated heterocycles. The number of nitrogens with zero attached hydrogens (tertiary/aromatic N) is 1. The molecule has 0 aliphatic carbocycles. The van der Waals surface area contributed by atoms with Gasteiger partial charge in [0.25, 0.3) is 10.0 Å². The number of anilines is 1. The molecule has 2 aromatic carbocycles. The molecule has 0 spiro atoms. The van der Waals surface area contributed by atoms with Gasteiger partial charge in [-0.3, -0.25) is 4.31 Å². The van der Waals surface area contributed by atoms with Gasteiger partial charge in [-0.25, -0.2) is 8.42 Å². The highest BCUT2D eigenvalue weighted by atomic mass is 35.5. The van der Waals surface area contributed by atoms with Crippen LogP contribution in [0.15, 0.2) is 47.4 Å². The third-order valence-corrected chi connectivity index (χ3v) is 6.85. The fourth-order valence-corrected chi connectivity index (χ4v) is 5.15. The Labute approximate surface area is 162 Å². The van der Waals surface area contributed by atoms with Crippen LogP contribution in [0.4, 0.5) is 5.69 Å². The van der Waals surface area contributed by atoms with E-state index in [4.69, 9.17) is 27.9 Å². The zero-order chi connectivity index (χ0) is 18.7. The van der Waals surface area contributed by atoms with E-state index in [9.17, 15) is 13.2 Å². The van der Waals surface area contributed by atoms with Crippen LogP contribution in [0.25, 0.3) is 0 Å². The number of aryl methyl sites for hydroxylation is 1. The number of aldehydes is 1. The highest BCUT2D eigenvalue weighted by Crippen LogP contribution is 2.36. The maximum absolute atomic E-state index is 13.4. The van der Waals surface area contributed by atoms with Gasteiger partial charge in [0, 0.05) is 0 Å². The molecule has 26 heavy (non-hydrogen) atoms. The standard InChI is InChI=1S/C18H17Cl2NO4S/c19-16-8-7-15(11-17(16)20)26(23,24)21-14(12-25-10-9-22)6-5-13-3-1-2-4-18(13)21/h1-4,7-9,11,14H,5-6,10,12H2. The summed E-state index contributed by atoms with van der Waals surface area (Å²) in [6.07, 6.45) is 1.98. The summed E-state index contributed by atoms with van der Waals surface area (Å²) in [7, 11) is -3.88. The van der Waals surface area contributed by atoms with Crippen molar-refractivity contribution in [2.24, 2.45) is 0 Å². The van der Waals surface area contributed by atoms with E-state index in [0.717, 1.165) is 12.0 Å². The Balaban J connectivity index is 2.06. The van der Waals surface area contributed by atoms with Gasteiger partial charge in [-0.1, -0.05) is 41.4 Å². The highest BCUT2D eigenvalue weighted by molar-refractivity contribution is 7.92. The fraction of sp³-hybridized carbons (Fsp3) is 0.278. The molecule has 1 unspecified atom stereocenters. The largest absolute Gasteiger partial charge is 0.372 e. The number of carbonyl (C=O) groups excluding carboxylic acids is 1. The van der Waals surface area contributed by atoms with Gasteiger partial charge in [0.1, 0.15) is 12.9 Å². The first kappa shape index (κ1) is 19.2. The Morgan fingerprint density at radius 3 is 2.65 bits per heavy atom. The van der Waals surface area contributed by atoms with Crippen molar-refractivity contribution in [2.75, 3.05) is 17.5 Å². The number of carbonyl (C=O) groups is 1. The van der Waals surface area contributed by atoms with Crippen LogP contribution < -0.4 is 4.31 Å². The Hall–Kier alpha value is -1.60. The Morgan fingerprint density at radius 1 is 1.15 bits per heavy atom. The average molecular weight is 414 g/mol. The molecule has 138 valence electrons. The number of hydrogen-bond donors (Lipinski definition) is 0. The lowest BCUT2D eigenvalue weighted by Gasteiger charge is -2.37. The Kier molecular flexibility index (Phi) is 5.87. The molecule has 0 fully saturated rings. The number of hydrogen-bond acceptors (Lipinski definition) is 4. The zero-order valence-corrected chi connectivity index (χ0v) is 16.1. The fourth-order valence-electron chi connectivity index (χ4n) is 3.05. The van der Waals surface area contributed by atoms with Gasteiger partial charge in [-0.05, 0) is 42.7 Å². The number of rotatable bonds is 6. The van der Waals surface area contributed by atoms with Crippen molar-refractivity contribution in [3.05, 3.63) is 58.1 Å². The molecule has 0 radical (unpaired) electrons. The molecule has 0 saturated carbocycles. The van der Waals surface area contributed by atoms with E-state index in [2.05, 4.69) is 0 Å². The van der Waals surface area contributed by atoms with E-state index in [-0.39, 0.29) is 28.2 Å². The molecule has 0 N–H and O–H groups in total. The number of benzene rings is 2. The molecule has 0 aromatic heterocycles. The van der Waals surface area contributed by atoms with Crippen molar-refractivity contribution < 1.29 is 17.9 Å². The van der Waals surface area contributed by atoms with Gasteiger partial charge in [0.2, 0.25) is 0 Å². The number of para-hydroxylation sites is 1. The zero-order valence-electron chi connectivity index (χ0n) is 13.8. The van der Waals surface area contributed by atoms with Crippen LogP contribution in [0.1, 0.15) is 12.0 Å². The summed E-state index contributed by atoms with van der Waals surface area (Å²) < 4.78 is 33.4. The summed E-state index contributed by atoms with van der Waals surface area (Å²) >= 11 is 11.9. The molecular formula is C18H17Cl2NO4S. The third-order valence-electron chi connectivity index (χ3n) is 4.25. The molecule has 2 aromatic rings. The van der Waals surface area contributed by atoms with Crippen molar-refractivity contribution in [2.45, 2.75) is 23.8 Å². The monoisotopic (exact) mass is 413 g/mol. The summed E-state index contributed by atoms with van der Waals surface area (Å²) in [6.45, 7) is 0.0619. The smallest absolute Gasteiger partial charge is 0.264 e. The third kappa shape index (κ3) is 3.74. The van der Waals surface area contributed by atoms with E-state index in [0.29, 0.717) is 18.4 Å². The lowest BCUT2D eigenvalue weighted by atomic mass is 9.98. The van der Waals surface area contributed by atoms with Crippen LogP contribution in [0.2, 0.25) is 10.0 Å². The summed E-state index contributed by atoms with van der Waals surface area (Å²) in [5.74, 6) is 0. The lowest BCUT2D eigenvalue weighted by molar-refractivity contribution is -0.112. The molecule has 1 atom stereocenters. The minimum atomic E-state index is -3.88. The van der Waals surface area contributed by atoms with Gasteiger partial charge >= 0.3 is 0 Å². The van der Waals surface area contributed by atoms with Crippen LogP contribution >= 0.6 is 23.2 Å². The first-order chi connectivity index (χ1) is 12.4. The van der Waals surface area contributed by atoms with Crippen molar-refractivity contribution in [1.82, 2.24) is 0 Å². The SMILES string of the molecule is O=CCOCC1CCc2ccccc2N1S(=O)(=O)c1ccc(Cl)c(Cl)c1. The minimum absolute atomic E-state index is 0.0593. The number of ether oxygens (including phenoxy) is 1. The second kappa shape index (κ2) is 7.96. The molecule has 1 aliphatic heterocycles. The van der Waals surface area contributed by atoms with Gasteiger partial charge < -0.3 is 9.53 Å². The maximum atomic E-state index is 13.4. The van der Waals surface area contributed by atoms with Gasteiger partial charge in [0.15, 0.2) is 0 Å². The predicted molar refractivity (Wildman–Crippen MR) is 102 cm³/mol. The summed E-state index contributed by atoms with van der Waals surface area (Å²) in [6, 6.07) is 11.2. The molecule has 3 rings (SSSR count). The van der Waals surface area contributed by atoms with E-state index >= 15 is 0 Å². The summed E-state index contributed by atoms with van der Waals surface area (Å²) in [4.78, 5) is 10.6. The van der Waals surface area contributed by atoms with Crippen molar-refractivity contribution >= 4 is 45.2 Å². The van der Waals surface area contributed by atoms with Crippen molar-refractivity contribution in [3.63, 3.8) is 0 Å². The summed E-state index contributed by atoms with van der Waals surface area (Å²) in [5.41, 5.74) is 1.56. The second-order valence-electron chi connectivity index (χ2n) is 5.90. The molecule has 5 nitrogen and oxygen atoms in total. The predicted octanol–water partition coefficient (Wildman–Crippen LogP) is 3.72. The van der Waals surface area contributed by atoms with Crippen molar-refractivity contribution in [3.8, 4) is 0 Å². The molecule has 0 amide bonds. The van der Waals surface area contributed by atoms with Crippen molar-refractivity contribution in [1.29, 1.82) is 0 Å². The molecule has 0 bridgehead atoms. The average Bonchev–Trinajstić information content (AvgIpc) is 2.63. The maximum Gasteiger partial charge on any atom is 0.264 e. The van der Waals surface area contributed by atoms with Gasteiger partial charge in [-0.2, -0.15) is 0 Å². The van der Waals surface area contributed by atoms with Crippen LogP contribution in [0.5, 0.6) is 0 Å². The van der Waals surface area contributed by atoms with E-state index in [1.807, 2.05) is 12.1 Å². The number of halogens is 2. The van der Waals surface area contributed by atoms with Gasteiger partial charge in [0.05, 0.1) is 33.3 Å². The molecule has 1 heterocycles. The summed E-state index contributed by atoms with van der Waals surface area (Å²) in [5, 5.41) is 0.460. The van der Waals surface area contributed by atoms with E-state index in [1.165, 1.54) is 22.5 Å². The van der Waals surface area contributed by atoms with Crippen LogP contribution in [0.3, 0.4) is 0 Å². The topological polar surface area (TPSA) is 63.7 Å². The van der Waals surface area contributed by atoms with E-state index in [1.54, 1.807) is 12.1 Å². The van der Waals surface area contributed by atoms with Crippen LogP contribution in [-0.2, 0) is 26.0 Å². The normalized spacial score (nSPS) is 17.0. The second-order valence-corrected chi connectivity index (χ2v) is 8.53. The highest BCUT2D eigenvalue weighted by Gasteiger charge is 2.36. The van der Waals surface area contributed by atoms with E-state index < -0.39 is 16.1 Å². The van der Waals surface area contributed by atoms with Crippen LogP contribution in [0, 0.1) is 0 Å². The quantitative estimate of drug-likeness (QED) is 0.534. The molecular weight excluding hydrogens is 397 g/mol. The lowest BCUT2D eigenvalue weighted by Crippen LogP contribution is -2.46. The molecule has 1 aliphatic rings. The Morgan fingerprint density at radius 2 is 1.92 bits per heavy atom. The first-order valence-corrected chi connectivity index (χ1v) is 10.2. The van der Waals surface area contributed by atoms with Gasteiger partial charge in [-0.15, -0.1) is 0 Å². The Bertz CT molecular complexity index is 917.